The summed E-state index contributed by atoms with van der Waals surface area (Å²) in [5, 5.41) is 3.04. The maximum absolute atomic E-state index is 11.8. The first-order chi connectivity index (χ1) is 9.40. The van der Waals surface area contributed by atoms with Crippen LogP contribution in [0.4, 0.5) is 19.0 Å². The van der Waals surface area contributed by atoms with Gasteiger partial charge >= 0.3 is 6.18 Å². The molecule has 0 fully saturated rings. The summed E-state index contributed by atoms with van der Waals surface area (Å²) in [5.41, 5.74) is 0. The summed E-state index contributed by atoms with van der Waals surface area (Å²) in [5.74, 6) is 0.813. The molecule has 0 unspecified atom stereocenters. The van der Waals surface area contributed by atoms with Crippen LogP contribution in [0.2, 0.25) is 5.15 Å². The van der Waals surface area contributed by atoms with E-state index in [9.17, 15) is 13.2 Å². The van der Waals surface area contributed by atoms with Crippen LogP contribution in [-0.4, -0.2) is 42.5 Å². The normalized spacial score (nSPS) is 11.7. The third kappa shape index (κ3) is 7.46. The molecule has 0 amide bonds. The van der Waals surface area contributed by atoms with E-state index in [1.54, 1.807) is 0 Å². The zero-order valence-electron chi connectivity index (χ0n) is 10.8. The average molecular weight is 314 g/mol. The molecule has 0 saturated carbocycles. The van der Waals surface area contributed by atoms with Crippen molar-refractivity contribution in [1.82, 2.24) is 9.97 Å². The van der Waals surface area contributed by atoms with E-state index in [0.29, 0.717) is 18.2 Å². The van der Waals surface area contributed by atoms with Crippen molar-refractivity contribution in [1.29, 1.82) is 0 Å². The van der Waals surface area contributed by atoms with Crippen LogP contribution in [0.5, 0.6) is 0 Å². The van der Waals surface area contributed by atoms with E-state index in [1.165, 1.54) is 6.07 Å². The van der Waals surface area contributed by atoms with Gasteiger partial charge in [-0.05, 0) is 6.92 Å². The van der Waals surface area contributed by atoms with Gasteiger partial charge in [0.2, 0.25) is 0 Å². The zero-order chi connectivity index (χ0) is 15.0. The van der Waals surface area contributed by atoms with E-state index in [4.69, 9.17) is 16.3 Å². The quantitative estimate of drug-likeness (QED) is 0.590. The number of hydrogen-bond acceptors (Lipinski definition) is 5. The second-order valence-corrected chi connectivity index (χ2v) is 4.11. The number of hydrogen-bond donors (Lipinski definition) is 1. The number of nitrogens with zero attached hydrogens (tertiary/aromatic N) is 2. The molecule has 114 valence electrons. The van der Waals surface area contributed by atoms with Gasteiger partial charge in [0, 0.05) is 19.2 Å². The third-order valence-electron chi connectivity index (χ3n) is 1.99. The van der Waals surface area contributed by atoms with Crippen LogP contribution in [0.1, 0.15) is 12.7 Å². The van der Waals surface area contributed by atoms with Crippen molar-refractivity contribution in [3.63, 3.8) is 0 Å². The summed E-state index contributed by atoms with van der Waals surface area (Å²) in [6.07, 6.45) is -4.32. The summed E-state index contributed by atoms with van der Waals surface area (Å²) in [6.45, 7) is 1.39. The van der Waals surface area contributed by atoms with Gasteiger partial charge < -0.3 is 14.8 Å². The molecule has 0 aromatic carbocycles. The van der Waals surface area contributed by atoms with Crippen LogP contribution in [0, 0.1) is 0 Å². The van der Waals surface area contributed by atoms with E-state index >= 15 is 0 Å². The number of aromatic nitrogens is 2. The van der Waals surface area contributed by atoms with Crippen molar-refractivity contribution in [3.05, 3.63) is 17.0 Å². The van der Waals surface area contributed by atoms with E-state index < -0.39 is 12.8 Å². The number of nitrogens with one attached hydrogen (secondary N) is 1. The highest BCUT2D eigenvalue weighted by Gasteiger charge is 2.27. The molecule has 0 radical (unpaired) electrons. The molecule has 9 heteroatoms. The molecule has 0 aliphatic rings. The Morgan fingerprint density at radius 3 is 2.70 bits per heavy atom. The van der Waals surface area contributed by atoms with E-state index in [-0.39, 0.29) is 24.9 Å². The van der Waals surface area contributed by atoms with Crippen LogP contribution < -0.4 is 5.32 Å². The SMILES string of the molecule is CCOCc1nc(Cl)cc(NCCOCC(F)(F)F)n1. The van der Waals surface area contributed by atoms with E-state index in [1.807, 2.05) is 6.92 Å². The standard InChI is InChI=1S/C11H15ClF3N3O2/c1-2-19-6-10-17-8(12)5-9(18-10)16-3-4-20-7-11(13,14)15/h5H,2-4,6-7H2,1H3,(H,16,17,18). The Labute approximate surface area is 119 Å². The van der Waals surface area contributed by atoms with Crippen molar-refractivity contribution in [2.75, 3.05) is 31.7 Å². The maximum Gasteiger partial charge on any atom is 0.411 e. The highest BCUT2D eigenvalue weighted by Crippen LogP contribution is 2.14. The highest BCUT2D eigenvalue weighted by atomic mass is 35.5. The van der Waals surface area contributed by atoms with Gasteiger partial charge in [-0.1, -0.05) is 11.6 Å². The van der Waals surface area contributed by atoms with Crippen molar-refractivity contribution < 1.29 is 22.6 Å². The third-order valence-corrected chi connectivity index (χ3v) is 2.19. The lowest BCUT2D eigenvalue weighted by Crippen LogP contribution is -2.20. The van der Waals surface area contributed by atoms with E-state index in [0.717, 1.165) is 0 Å². The lowest BCUT2D eigenvalue weighted by Gasteiger charge is -2.10. The van der Waals surface area contributed by atoms with Gasteiger partial charge in [0.25, 0.3) is 0 Å². The first kappa shape index (κ1) is 16.9. The highest BCUT2D eigenvalue weighted by molar-refractivity contribution is 6.29. The van der Waals surface area contributed by atoms with Crippen LogP contribution in [0.3, 0.4) is 0 Å². The van der Waals surface area contributed by atoms with Crippen molar-refractivity contribution in [2.45, 2.75) is 19.7 Å². The van der Waals surface area contributed by atoms with Crippen molar-refractivity contribution in [2.24, 2.45) is 0 Å². The van der Waals surface area contributed by atoms with Gasteiger partial charge in [-0.3, -0.25) is 0 Å². The van der Waals surface area contributed by atoms with Crippen LogP contribution in [-0.2, 0) is 16.1 Å². The number of halogens is 4. The molecule has 0 atom stereocenters. The predicted molar refractivity (Wildman–Crippen MR) is 67.7 cm³/mol. The minimum absolute atomic E-state index is 0.0953. The fraction of sp³-hybridized carbons (Fsp3) is 0.636. The van der Waals surface area contributed by atoms with Gasteiger partial charge in [0.15, 0.2) is 5.82 Å². The summed E-state index contributed by atoms with van der Waals surface area (Å²) < 4.78 is 45.1. The maximum atomic E-state index is 11.8. The monoisotopic (exact) mass is 313 g/mol. The molecule has 1 aromatic heterocycles. The molecule has 0 spiro atoms. The minimum atomic E-state index is -4.32. The molecule has 20 heavy (non-hydrogen) atoms. The molecule has 1 rings (SSSR count). The molecule has 0 aliphatic heterocycles. The van der Waals surface area contributed by atoms with E-state index in [2.05, 4.69) is 20.0 Å². The smallest absolute Gasteiger partial charge is 0.374 e. The molecule has 1 N–H and O–H groups in total. The summed E-state index contributed by atoms with van der Waals surface area (Å²) in [4.78, 5) is 8.07. The average Bonchev–Trinajstić information content (AvgIpc) is 2.34. The summed E-state index contributed by atoms with van der Waals surface area (Å²) in [6, 6.07) is 1.47. The van der Waals surface area contributed by atoms with Gasteiger partial charge in [-0.2, -0.15) is 13.2 Å². The number of alkyl halides is 3. The lowest BCUT2D eigenvalue weighted by atomic mass is 10.5. The summed E-state index contributed by atoms with van der Waals surface area (Å²) in [7, 11) is 0. The predicted octanol–water partition coefficient (Wildman–Crippen LogP) is 2.66. The minimum Gasteiger partial charge on any atom is -0.374 e. The Bertz CT molecular complexity index is 418. The zero-order valence-corrected chi connectivity index (χ0v) is 11.6. The topological polar surface area (TPSA) is 56.3 Å². The number of anilines is 1. The van der Waals surface area contributed by atoms with Gasteiger partial charge in [0.05, 0.1) is 6.61 Å². The second-order valence-electron chi connectivity index (χ2n) is 3.72. The fourth-order valence-electron chi connectivity index (χ4n) is 1.25. The fourth-order valence-corrected chi connectivity index (χ4v) is 1.45. The lowest BCUT2D eigenvalue weighted by molar-refractivity contribution is -0.172. The molecular weight excluding hydrogens is 299 g/mol. The molecular formula is C11H15ClF3N3O2. The number of ether oxygens (including phenoxy) is 2. The first-order valence-corrected chi connectivity index (χ1v) is 6.28. The Hall–Kier alpha value is -1.12. The molecule has 0 saturated heterocycles. The molecule has 1 aromatic rings. The summed E-state index contributed by atoms with van der Waals surface area (Å²) >= 11 is 5.80. The molecule has 0 bridgehead atoms. The first-order valence-electron chi connectivity index (χ1n) is 5.90. The van der Waals surface area contributed by atoms with Crippen molar-refractivity contribution in [3.8, 4) is 0 Å². The second kappa shape index (κ2) is 8.23. The van der Waals surface area contributed by atoms with Gasteiger partial charge in [0.1, 0.15) is 24.2 Å². The van der Waals surface area contributed by atoms with Gasteiger partial charge in [-0.15, -0.1) is 0 Å². The van der Waals surface area contributed by atoms with Gasteiger partial charge in [-0.25, -0.2) is 9.97 Å². The number of rotatable bonds is 8. The Balaban J connectivity index is 2.37. The Kier molecular flexibility index (Phi) is 6.97. The Morgan fingerprint density at radius 2 is 2.05 bits per heavy atom. The largest absolute Gasteiger partial charge is 0.411 e. The van der Waals surface area contributed by atoms with Crippen molar-refractivity contribution >= 4 is 17.4 Å². The van der Waals surface area contributed by atoms with Crippen LogP contribution in [0.15, 0.2) is 6.07 Å². The van der Waals surface area contributed by atoms with Crippen LogP contribution in [0.25, 0.3) is 0 Å². The molecule has 1 heterocycles. The Morgan fingerprint density at radius 1 is 1.30 bits per heavy atom. The van der Waals surface area contributed by atoms with Crippen LogP contribution >= 0.6 is 11.6 Å². The molecule has 0 aliphatic carbocycles. The molecule has 5 nitrogen and oxygen atoms in total.